The van der Waals surface area contributed by atoms with Gasteiger partial charge in [0.15, 0.2) is 0 Å². The number of pyridine rings is 1. The number of aromatic nitrogens is 1. The van der Waals surface area contributed by atoms with Crippen LogP contribution in [0.15, 0.2) is 41.2 Å². The fourth-order valence-electron chi connectivity index (χ4n) is 2.19. The van der Waals surface area contributed by atoms with E-state index in [4.69, 9.17) is 5.26 Å². The number of rotatable bonds is 4. The Bertz CT molecular complexity index is 787. The summed E-state index contributed by atoms with van der Waals surface area (Å²) in [5, 5.41) is 19.6. The summed E-state index contributed by atoms with van der Waals surface area (Å²) in [4.78, 5) is 22.7. The third kappa shape index (κ3) is 2.82. The maximum atomic E-state index is 12.3. The van der Waals surface area contributed by atoms with Crippen LogP contribution >= 0.6 is 0 Å². The van der Waals surface area contributed by atoms with Gasteiger partial charge >= 0.3 is 0 Å². The number of hydrogen-bond acceptors (Lipinski definition) is 4. The lowest BCUT2D eigenvalue weighted by Crippen LogP contribution is -2.24. The second kappa shape index (κ2) is 6.01. The van der Waals surface area contributed by atoms with Crippen molar-refractivity contribution in [1.82, 2.24) is 4.57 Å². The summed E-state index contributed by atoms with van der Waals surface area (Å²) in [6, 6.07) is 11.4. The van der Waals surface area contributed by atoms with E-state index in [-0.39, 0.29) is 17.7 Å². The number of nitriles is 1. The summed E-state index contributed by atoms with van der Waals surface area (Å²) in [7, 11) is 0. The van der Waals surface area contributed by atoms with E-state index in [1.807, 2.05) is 13.0 Å². The lowest BCUT2D eigenvalue weighted by molar-refractivity contribution is -0.384. The highest BCUT2D eigenvalue weighted by atomic mass is 16.6. The van der Waals surface area contributed by atoms with Crippen molar-refractivity contribution in [1.29, 1.82) is 5.26 Å². The molecule has 0 saturated heterocycles. The standard InChI is InChI=1S/C15H13N3O3/c1-2-17-14(7-6-11(8-9-16)15(17)19)12-4-3-5-13(10-12)18(20)21/h3-7,10H,2,8H2,1H3. The van der Waals surface area contributed by atoms with Crippen LogP contribution < -0.4 is 5.56 Å². The van der Waals surface area contributed by atoms with Gasteiger partial charge in [0.2, 0.25) is 0 Å². The fraction of sp³-hybridized carbons (Fsp3) is 0.200. The molecule has 0 bridgehead atoms. The smallest absolute Gasteiger partial charge is 0.270 e. The Morgan fingerprint density at radius 1 is 1.33 bits per heavy atom. The second-order valence-corrected chi connectivity index (χ2v) is 4.44. The first-order valence-corrected chi connectivity index (χ1v) is 6.43. The number of benzene rings is 1. The predicted octanol–water partition coefficient (Wildman–Crippen LogP) is 2.51. The van der Waals surface area contributed by atoms with Gasteiger partial charge in [0.1, 0.15) is 0 Å². The van der Waals surface area contributed by atoms with Gasteiger partial charge in [-0.3, -0.25) is 14.9 Å². The third-order valence-corrected chi connectivity index (χ3v) is 3.19. The van der Waals surface area contributed by atoms with E-state index in [1.165, 1.54) is 16.7 Å². The van der Waals surface area contributed by atoms with Crippen LogP contribution in [-0.2, 0) is 13.0 Å². The molecule has 106 valence electrons. The Morgan fingerprint density at radius 2 is 2.10 bits per heavy atom. The van der Waals surface area contributed by atoms with Gasteiger partial charge in [-0.25, -0.2) is 0 Å². The van der Waals surface area contributed by atoms with Gasteiger partial charge in [0.05, 0.1) is 23.1 Å². The first-order chi connectivity index (χ1) is 10.1. The van der Waals surface area contributed by atoms with Gasteiger partial charge in [-0.2, -0.15) is 5.26 Å². The first-order valence-electron chi connectivity index (χ1n) is 6.43. The Kier molecular flexibility index (Phi) is 4.14. The van der Waals surface area contributed by atoms with Gasteiger partial charge in [-0.1, -0.05) is 18.2 Å². The van der Waals surface area contributed by atoms with Crippen molar-refractivity contribution in [3.05, 3.63) is 62.4 Å². The molecule has 0 radical (unpaired) electrons. The molecule has 6 nitrogen and oxygen atoms in total. The minimum absolute atomic E-state index is 0.0243. The molecule has 21 heavy (non-hydrogen) atoms. The highest BCUT2D eigenvalue weighted by Crippen LogP contribution is 2.23. The summed E-state index contributed by atoms with van der Waals surface area (Å²) in [6.07, 6.45) is 0.0497. The summed E-state index contributed by atoms with van der Waals surface area (Å²) in [5.74, 6) is 0. The van der Waals surface area contributed by atoms with Crippen LogP contribution in [-0.4, -0.2) is 9.49 Å². The van der Waals surface area contributed by atoms with Crippen LogP contribution in [0, 0.1) is 21.4 Å². The zero-order chi connectivity index (χ0) is 15.4. The lowest BCUT2D eigenvalue weighted by atomic mass is 10.1. The van der Waals surface area contributed by atoms with Crippen LogP contribution in [0.5, 0.6) is 0 Å². The van der Waals surface area contributed by atoms with Crippen molar-refractivity contribution in [2.45, 2.75) is 19.9 Å². The van der Waals surface area contributed by atoms with E-state index in [9.17, 15) is 14.9 Å². The SMILES string of the molecule is CCn1c(-c2cccc([N+](=O)[O-])c2)ccc(CC#N)c1=O. The quantitative estimate of drug-likeness (QED) is 0.637. The molecule has 0 amide bonds. The van der Waals surface area contributed by atoms with Crippen LogP contribution in [0.1, 0.15) is 12.5 Å². The Balaban J connectivity index is 2.62. The average Bonchev–Trinajstić information content (AvgIpc) is 2.49. The van der Waals surface area contributed by atoms with E-state index in [2.05, 4.69) is 0 Å². The molecule has 1 heterocycles. The molecule has 1 aromatic carbocycles. The topological polar surface area (TPSA) is 88.9 Å². The minimum Gasteiger partial charge on any atom is -0.308 e. The Labute approximate surface area is 121 Å². The normalized spacial score (nSPS) is 10.1. The maximum Gasteiger partial charge on any atom is 0.270 e. The highest BCUT2D eigenvalue weighted by Gasteiger charge is 2.12. The van der Waals surface area contributed by atoms with Gasteiger partial charge in [-0.05, 0) is 13.0 Å². The van der Waals surface area contributed by atoms with Crippen molar-refractivity contribution < 1.29 is 4.92 Å². The van der Waals surface area contributed by atoms with Crippen LogP contribution in [0.25, 0.3) is 11.3 Å². The number of hydrogen-bond donors (Lipinski definition) is 0. The van der Waals surface area contributed by atoms with E-state index < -0.39 is 4.92 Å². The molecule has 2 rings (SSSR count). The lowest BCUT2D eigenvalue weighted by Gasteiger charge is -2.12. The summed E-state index contributed by atoms with van der Waals surface area (Å²) in [6.45, 7) is 2.24. The predicted molar refractivity (Wildman–Crippen MR) is 77.8 cm³/mol. The summed E-state index contributed by atoms with van der Waals surface area (Å²) >= 11 is 0. The average molecular weight is 283 g/mol. The first kappa shape index (κ1) is 14.5. The van der Waals surface area contributed by atoms with Gasteiger partial charge in [0.25, 0.3) is 11.2 Å². The summed E-state index contributed by atoms with van der Waals surface area (Å²) in [5.41, 5.74) is 1.37. The molecule has 0 spiro atoms. The molecular formula is C15H13N3O3. The number of nitro benzene ring substituents is 1. The molecule has 6 heteroatoms. The number of nitro groups is 1. The maximum absolute atomic E-state index is 12.3. The van der Waals surface area contributed by atoms with Crippen molar-refractivity contribution in [2.24, 2.45) is 0 Å². The minimum atomic E-state index is -0.470. The number of non-ortho nitro benzene ring substituents is 1. The van der Waals surface area contributed by atoms with E-state index in [0.29, 0.717) is 23.4 Å². The molecule has 0 aliphatic carbocycles. The third-order valence-electron chi connectivity index (χ3n) is 3.19. The van der Waals surface area contributed by atoms with Crippen molar-refractivity contribution in [3.63, 3.8) is 0 Å². The van der Waals surface area contributed by atoms with Crippen LogP contribution in [0.3, 0.4) is 0 Å². The van der Waals surface area contributed by atoms with Gasteiger partial charge in [0, 0.05) is 29.8 Å². The molecule has 0 aliphatic heterocycles. The van der Waals surface area contributed by atoms with Crippen molar-refractivity contribution >= 4 is 5.69 Å². The Morgan fingerprint density at radius 3 is 2.71 bits per heavy atom. The van der Waals surface area contributed by atoms with E-state index in [1.54, 1.807) is 24.3 Å². The van der Waals surface area contributed by atoms with E-state index >= 15 is 0 Å². The summed E-state index contributed by atoms with van der Waals surface area (Å²) < 4.78 is 1.52. The van der Waals surface area contributed by atoms with Crippen LogP contribution in [0.2, 0.25) is 0 Å². The van der Waals surface area contributed by atoms with Crippen molar-refractivity contribution in [3.8, 4) is 17.3 Å². The largest absolute Gasteiger partial charge is 0.308 e. The fourth-order valence-corrected chi connectivity index (χ4v) is 2.19. The molecule has 0 saturated carbocycles. The zero-order valence-electron chi connectivity index (χ0n) is 11.4. The van der Waals surface area contributed by atoms with Crippen molar-refractivity contribution in [2.75, 3.05) is 0 Å². The molecule has 0 fully saturated rings. The van der Waals surface area contributed by atoms with Crippen LogP contribution in [0.4, 0.5) is 5.69 Å². The second-order valence-electron chi connectivity index (χ2n) is 4.44. The molecule has 0 atom stereocenters. The monoisotopic (exact) mass is 283 g/mol. The van der Waals surface area contributed by atoms with Gasteiger partial charge in [-0.15, -0.1) is 0 Å². The molecular weight excluding hydrogens is 270 g/mol. The highest BCUT2D eigenvalue weighted by molar-refractivity contribution is 5.63. The van der Waals surface area contributed by atoms with Gasteiger partial charge < -0.3 is 4.57 Å². The zero-order valence-corrected chi connectivity index (χ0v) is 11.4. The Hall–Kier alpha value is -2.94. The molecule has 0 aliphatic rings. The molecule has 2 aromatic rings. The molecule has 1 aromatic heterocycles. The van der Waals surface area contributed by atoms with E-state index in [0.717, 1.165) is 0 Å². The number of nitrogens with zero attached hydrogens (tertiary/aromatic N) is 3. The molecule has 0 N–H and O–H groups in total. The molecule has 0 unspecified atom stereocenters.